The minimum Gasteiger partial charge on any atom is -0.382 e. The molecule has 1 aliphatic rings. The number of halogens is 1. The highest BCUT2D eigenvalue weighted by atomic mass is 79.9. The smallest absolute Gasteiger partial charge is 0.160 e. The summed E-state index contributed by atoms with van der Waals surface area (Å²) in [5, 5.41) is 10.1. The van der Waals surface area contributed by atoms with Crippen LogP contribution in [0.3, 0.4) is 0 Å². The van der Waals surface area contributed by atoms with Gasteiger partial charge in [-0.2, -0.15) is 0 Å². The van der Waals surface area contributed by atoms with Crippen molar-refractivity contribution in [3.63, 3.8) is 0 Å². The van der Waals surface area contributed by atoms with E-state index in [0.717, 1.165) is 17.3 Å². The van der Waals surface area contributed by atoms with Gasteiger partial charge in [-0.1, -0.05) is 0 Å². The van der Waals surface area contributed by atoms with Gasteiger partial charge in [0, 0.05) is 12.4 Å². The SMILES string of the molecule is CC(O)(c1ncc(Br)cn1)C1CC1. The third-order valence-corrected chi connectivity index (χ3v) is 2.85. The number of rotatable bonds is 2. The summed E-state index contributed by atoms with van der Waals surface area (Å²) in [6.45, 7) is 1.79. The molecule has 1 saturated carbocycles. The predicted molar refractivity (Wildman–Crippen MR) is 52.0 cm³/mol. The summed E-state index contributed by atoms with van der Waals surface area (Å²) in [5.74, 6) is 0.867. The maximum atomic E-state index is 10.1. The largest absolute Gasteiger partial charge is 0.382 e. The van der Waals surface area contributed by atoms with Crippen molar-refractivity contribution in [1.82, 2.24) is 9.97 Å². The quantitative estimate of drug-likeness (QED) is 0.862. The summed E-state index contributed by atoms with van der Waals surface area (Å²) >= 11 is 3.26. The van der Waals surface area contributed by atoms with E-state index in [-0.39, 0.29) is 0 Å². The van der Waals surface area contributed by atoms with Crippen LogP contribution in [0.1, 0.15) is 25.6 Å². The van der Waals surface area contributed by atoms with Gasteiger partial charge >= 0.3 is 0 Å². The molecule has 1 aliphatic carbocycles. The second-order valence-corrected chi connectivity index (χ2v) is 4.56. The van der Waals surface area contributed by atoms with Crippen molar-refractivity contribution >= 4 is 15.9 Å². The molecule has 0 radical (unpaired) electrons. The van der Waals surface area contributed by atoms with Gasteiger partial charge in [-0.15, -0.1) is 0 Å². The van der Waals surface area contributed by atoms with Crippen molar-refractivity contribution < 1.29 is 5.11 Å². The first kappa shape index (κ1) is 9.09. The lowest BCUT2D eigenvalue weighted by molar-refractivity contribution is 0.0238. The second-order valence-electron chi connectivity index (χ2n) is 3.65. The van der Waals surface area contributed by atoms with Crippen LogP contribution in [0.2, 0.25) is 0 Å². The van der Waals surface area contributed by atoms with E-state index in [1.54, 1.807) is 19.3 Å². The molecule has 4 heteroatoms. The van der Waals surface area contributed by atoms with Crippen LogP contribution >= 0.6 is 15.9 Å². The first-order valence-corrected chi connectivity index (χ1v) is 5.10. The monoisotopic (exact) mass is 242 g/mol. The van der Waals surface area contributed by atoms with Gasteiger partial charge in [0.25, 0.3) is 0 Å². The van der Waals surface area contributed by atoms with Crippen LogP contribution < -0.4 is 0 Å². The molecule has 3 nitrogen and oxygen atoms in total. The van der Waals surface area contributed by atoms with Crippen LogP contribution in [0, 0.1) is 5.92 Å². The molecule has 0 spiro atoms. The Hall–Kier alpha value is -0.480. The van der Waals surface area contributed by atoms with Gasteiger partial charge in [0.1, 0.15) is 5.60 Å². The number of aliphatic hydroxyl groups is 1. The van der Waals surface area contributed by atoms with Crippen molar-refractivity contribution in [1.29, 1.82) is 0 Å². The average molecular weight is 243 g/mol. The molecule has 0 aromatic carbocycles. The van der Waals surface area contributed by atoms with Gasteiger partial charge in [-0.25, -0.2) is 9.97 Å². The minimum absolute atomic E-state index is 0.341. The van der Waals surface area contributed by atoms with Crippen LogP contribution in [0.4, 0.5) is 0 Å². The van der Waals surface area contributed by atoms with E-state index in [0.29, 0.717) is 11.7 Å². The second kappa shape index (κ2) is 3.03. The van der Waals surface area contributed by atoms with E-state index in [1.807, 2.05) is 0 Å². The maximum Gasteiger partial charge on any atom is 0.160 e. The number of hydrogen-bond donors (Lipinski definition) is 1. The fraction of sp³-hybridized carbons (Fsp3) is 0.556. The number of hydrogen-bond acceptors (Lipinski definition) is 3. The first-order chi connectivity index (χ1) is 6.10. The average Bonchev–Trinajstić information content (AvgIpc) is 2.87. The fourth-order valence-corrected chi connectivity index (χ4v) is 1.61. The van der Waals surface area contributed by atoms with E-state index in [2.05, 4.69) is 25.9 Å². The zero-order valence-electron chi connectivity index (χ0n) is 7.37. The van der Waals surface area contributed by atoms with Crippen molar-refractivity contribution in [3.05, 3.63) is 22.7 Å². The molecule has 13 heavy (non-hydrogen) atoms. The van der Waals surface area contributed by atoms with Crippen LogP contribution in [0.25, 0.3) is 0 Å². The number of aromatic nitrogens is 2. The summed E-state index contributed by atoms with van der Waals surface area (Å²) in [6, 6.07) is 0. The molecule has 1 N–H and O–H groups in total. The maximum absolute atomic E-state index is 10.1. The lowest BCUT2D eigenvalue weighted by Gasteiger charge is -2.20. The minimum atomic E-state index is -0.847. The Morgan fingerprint density at radius 2 is 2.00 bits per heavy atom. The molecule has 1 heterocycles. The lowest BCUT2D eigenvalue weighted by Crippen LogP contribution is -2.26. The standard InChI is InChI=1S/C9H11BrN2O/c1-9(13,6-2-3-6)8-11-4-7(10)5-12-8/h4-6,13H,2-3H2,1H3. The first-order valence-electron chi connectivity index (χ1n) is 4.31. The highest BCUT2D eigenvalue weighted by Crippen LogP contribution is 2.44. The van der Waals surface area contributed by atoms with Crippen LogP contribution in [-0.2, 0) is 5.60 Å². The molecule has 1 aromatic rings. The molecule has 1 unspecified atom stereocenters. The Labute approximate surface area is 85.4 Å². The molecule has 1 fully saturated rings. The van der Waals surface area contributed by atoms with E-state index in [1.165, 1.54) is 0 Å². The van der Waals surface area contributed by atoms with Crippen LogP contribution in [0.15, 0.2) is 16.9 Å². The topological polar surface area (TPSA) is 46.0 Å². The molecule has 2 rings (SSSR count). The summed E-state index contributed by atoms with van der Waals surface area (Å²) in [5.41, 5.74) is -0.847. The Bertz CT molecular complexity index is 306. The highest BCUT2D eigenvalue weighted by molar-refractivity contribution is 9.10. The van der Waals surface area contributed by atoms with Gasteiger partial charge in [-0.3, -0.25) is 0 Å². The summed E-state index contributed by atoms with van der Waals surface area (Å²) in [7, 11) is 0. The molecule has 70 valence electrons. The van der Waals surface area contributed by atoms with E-state index in [4.69, 9.17) is 0 Å². The van der Waals surface area contributed by atoms with Gasteiger partial charge in [0.15, 0.2) is 5.82 Å². The van der Waals surface area contributed by atoms with Gasteiger partial charge in [0.2, 0.25) is 0 Å². The number of nitrogens with zero attached hydrogens (tertiary/aromatic N) is 2. The molecule has 0 amide bonds. The molecular weight excluding hydrogens is 232 g/mol. The van der Waals surface area contributed by atoms with Crippen molar-refractivity contribution in [2.75, 3.05) is 0 Å². The molecule has 0 saturated heterocycles. The Morgan fingerprint density at radius 1 is 1.46 bits per heavy atom. The van der Waals surface area contributed by atoms with Gasteiger partial charge in [-0.05, 0) is 41.6 Å². The van der Waals surface area contributed by atoms with Crippen LogP contribution in [-0.4, -0.2) is 15.1 Å². The van der Waals surface area contributed by atoms with E-state index in [9.17, 15) is 5.11 Å². The summed E-state index contributed by atoms with van der Waals surface area (Å²) in [6.07, 6.45) is 5.48. The normalized spacial score (nSPS) is 21.2. The van der Waals surface area contributed by atoms with Crippen molar-refractivity contribution in [3.8, 4) is 0 Å². The van der Waals surface area contributed by atoms with Crippen molar-refractivity contribution in [2.45, 2.75) is 25.4 Å². The summed E-state index contributed by atoms with van der Waals surface area (Å²) < 4.78 is 0.836. The van der Waals surface area contributed by atoms with E-state index >= 15 is 0 Å². The highest BCUT2D eigenvalue weighted by Gasteiger charge is 2.43. The van der Waals surface area contributed by atoms with Gasteiger partial charge in [0.05, 0.1) is 4.47 Å². The Kier molecular flexibility index (Phi) is 2.12. The summed E-state index contributed by atoms with van der Waals surface area (Å²) in [4.78, 5) is 8.21. The van der Waals surface area contributed by atoms with E-state index < -0.39 is 5.60 Å². The third kappa shape index (κ3) is 1.74. The molecular formula is C9H11BrN2O. The lowest BCUT2D eigenvalue weighted by atomic mass is 10.00. The molecule has 1 aromatic heterocycles. The Morgan fingerprint density at radius 3 is 2.46 bits per heavy atom. The predicted octanol–water partition coefficient (Wildman–Crippen LogP) is 1.86. The zero-order chi connectivity index (χ0) is 9.47. The van der Waals surface area contributed by atoms with Gasteiger partial charge < -0.3 is 5.11 Å². The molecule has 0 aliphatic heterocycles. The fourth-order valence-electron chi connectivity index (χ4n) is 1.40. The zero-order valence-corrected chi connectivity index (χ0v) is 8.95. The molecule has 1 atom stereocenters. The molecule has 0 bridgehead atoms. The van der Waals surface area contributed by atoms with Crippen molar-refractivity contribution in [2.24, 2.45) is 5.92 Å². The Balaban J connectivity index is 2.28. The third-order valence-electron chi connectivity index (χ3n) is 2.45. The van der Waals surface area contributed by atoms with Crippen LogP contribution in [0.5, 0.6) is 0 Å².